The lowest BCUT2D eigenvalue weighted by molar-refractivity contribution is 0.601. The minimum absolute atomic E-state index is 0.344. The Hall–Kier alpha value is -1.79. The lowest BCUT2D eigenvalue weighted by Crippen LogP contribution is -1.84. The molecule has 0 N–H and O–H groups in total. The zero-order valence-corrected chi connectivity index (χ0v) is 10.1. The first kappa shape index (κ1) is 11.7. The van der Waals surface area contributed by atoms with E-state index in [1.54, 1.807) is 12.1 Å². The number of hydrogen-bond donors (Lipinski definition) is 0. The van der Waals surface area contributed by atoms with Crippen LogP contribution in [0, 0.1) is 24.1 Å². The van der Waals surface area contributed by atoms with Crippen LogP contribution in [0.25, 0.3) is 0 Å². The van der Waals surface area contributed by atoms with Crippen molar-refractivity contribution >= 4 is 11.8 Å². The van der Waals surface area contributed by atoms with Gasteiger partial charge in [-0.1, -0.05) is 29.5 Å². The normalized spacial score (nSPS) is 9.94. The van der Waals surface area contributed by atoms with Gasteiger partial charge in [0.2, 0.25) is 0 Å². The number of aryl methyl sites for hydroxylation is 1. The second-order valence-electron chi connectivity index (χ2n) is 3.68. The van der Waals surface area contributed by atoms with Gasteiger partial charge in [0, 0.05) is 9.79 Å². The molecule has 1 nitrogen and oxygen atoms in total. The Morgan fingerprint density at radius 3 is 2.65 bits per heavy atom. The molecule has 0 aliphatic carbocycles. The average Bonchev–Trinajstić information content (AvgIpc) is 2.32. The zero-order valence-electron chi connectivity index (χ0n) is 9.27. The quantitative estimate of drug-likeness (QED) is 0.790. The van der Waals surface area contributed by atoms with Crippen LogP contribution in [0.1, 0.15) is 11.1 Å². The van der Waals surface area contributed by atoms with E-state index in [0.29, 0.717) is 10.5 Å². The van der Waals surface area contributed by atoms with Gasteiger partial charge >= 0.3 is 0 Å². The van der Waals surface area contributed by atoms with Crippen molar-refractivity contribution in [2.24, 2.45) is 0 Å². The van der Waals surface area contributed by atoms with Crippen molar-refractivity contribution in [2.45, 2.75) is 16.7 Å². The van der Waals surface area contributed by atoms with Gasteiger partial charge in [0.25, 0.3) is 0 Å². The number of benzene rings is 2. The molecule has 84 valence electrons. The van der Waals surface area contributed by atoms with Gasteiger partial charge in [-0.3, -0.25) is 0 Å². The fourth-order valence-electron chi connectivity index (χ4n) is 1.46. The van der Waals surface area contributed by atoms with Crippen LogP contribution in [-0.2, 0) is 0 Å². The molecule has 2 rings (SSSR count). The highest BCUT2D eigenvalue weighted by atomic mass is 32.2. The molecule has 0 saturated heterocycles. The van der Waals surface area contributed by atoms with Crippen molar-refractivity contribution in [1.82, 2.24) is 0 Å². The fourth-order valence-corrected chi connectivity index (χ4v) is 2.40. The summed E-state index contributed by atoms with van der Waals surface area (Å²) in [5.74, 6) is -0.351. The first-order chi connectivity index (χ1) is 8.19. The second-order valence-corrected chi connectivity index (χ2v) is 4.79. The number of nitrogens with zero attached hydrogens (tertiary/aromatic N) is 1. The molecule has 0 saturated carbocycles. The lowest BCUT2D eigenvalue weighted by Gasteiger charge is -2.04. The maximum atomic E-state index is 13.7. The summed E-state index contributed by atoms with van der Waals surface area (Å²) >= 11 is 1.36. The summed E-state index contributed by atoms with van der Waals surface area (Å²) in [6, 6.07) is 14.3. The topological polar surface area (TPSA) is 23.8 Å². The Balaban J connectivity index is 2.28. The Morgan fingerprint density at radius 2 is 2.00 bits per heavy atom. The van der Waals surface area contributed by atoms with E-state index in [2.05, 4.69) is 0 Å². The molecule has 0 aliphatic heterocycles. The summed E-state index contributed by atoms with van der Waals surface area (Å²) in [5.41, 5.74) is 1.49. The number of hydrogen-bond acceptors (Lipinski definition) is 2. The molecule has 0 radical (unpaired) electrons. The third-order valence-electron chi connectivity index (χ3n) is 2.28. The maximum Gasteiger partial charge on any atom is 0.138 e. The molecule has 0 spiro atoms. The highest BCUT2D eigenvalue weighted by Gasteiger charge is 2.05. The number of rotatable bonds is 2. The minimum Gasteiger partial charge on any atom is -0.206 e. The van der Waals surface area contributed by atoms with Gasteiger partial charge in [-0.2, -0.15) is 5.26 Å². The van der Waals surface area contributed by atoms with Gasteiger partial charge < -0.3 is 0 Å². The Kier molecular flexibility index (Phi) is 3.46. The molecule has 0 amide bonds. The van der Waals surface area contributed by atoms with E-state index in [0.717, 1.165) is 10.5 Å². The van der Waals surface area contributed by atoms with Gasteiger partial charge in [-0.15, -0.1) is 0 Å². The van der Waals surface area contributed by atoms with Crippen molar-refractivity contribution in [1.29, 1.82) is 5.26 Å². The lowest BCUT2D eigenvalue weighted by atomic mass is 10.2. The SMILES string of the molecule is Cc1cccc(Sc2ccc(C#N)cc2F)c1. The molecule has 0 aromatic heterocycles. The third-order valence-corrected chi connectivity index (χ3v) is 3.32. The first-order valence-electron chi connectivity index (χ1n) is 5.13. The molecular formula is C14H10FNS. The standard InChI is InChI=1S/C14H10FNS/c1-10-3-2-4-12(7-10)17-14-6-5-11(9-16)8-13(14)15/h2-8H,1H3. The van der Waals surface area contributed by atoms with E-state index in [9.17, 15) is 4.39 Å². The summed E-state index contributed by atoms with van der Waals surface area (Å²) in [5, 5.41) is 8.66. The van der Waals surface area contributed by atoms with Crippen LogP contribution < -0.4 is 0 Å². The van der Waals surface area contributed by atoms with Crippen LogP contribution in [-0.4, -0.2) is 0 Å². The fraction of sp³-hybridized carbons (Fsp3) is 0.0714. The van der Waals surface area contributed by atoms with Gasteiger partial charge in [0.05, 0.1) is 11.6 Å². The molecule has 0 heterocycles. The highest BCUT2D eigenvalue weighted by Crippen LogP contribution is 2.30. The van der Waals surface area contributed by atoms with E-state index in [-0.39, 0.29) is 5.82 Å². The summed E-state index contributed by atoms with van der Waals surface area (Å²) in [7, 11) is 0. The molecule has 2 aromatic rings. The zero-order chi connectivity index (χ0) is 12.3. The van der Waals surface area contributed by atoms with E-state index < -0.39 is 0 Å². The monoisotopic (exact) mass is 243 g/mol. The molecule has 0 fully saturated rings. The number of halogens is 1. The van der Waals surface area contributed by atoms with Crippen LogP contribution in [0.3, 0.4) is 0 Å². The van der Waals surface area contributed by atoms with Crippen LogP contribution in [0.4, 0.5) is 4.39 Å². The van der Waals surface area contributed by atoms with Crippen LogP contribution in [0.5, 0.6) is 0 Å². The van der Waals surface area contributed by atoms with Crippen molar-refractivity contribution in [3.63, 3.8) is 0 Å². The predicted octanol–water partition coefficient (Wildman–Crippen LogP) is 4.16. The van der Waals surface area contributed by atoms with E-state index in [1.165, 1.54) is 17.8 Å². The minimum atomic E-state index is -0.351. The molecular weight excluding hydrogens is 233 g/mol. The van der Waals surface area contributed by atoms with Crippen molar-refractivity contribution < 1.29 is 4.39 Å². The largest absolute Gasteiger partial charge is 0.206 e. The molecule has 0 atom stereocenters. The molecule has 2 aromatic carbocycles. The van der Waals surface area contributed by atoms with Crippen molar-refractivity contribution in [3.8, 4) is 6.07 Å². The van der Waals surface area contributed by atoms with Gasteiger partial charge in [0.15, 0.2) is 0 Å². The summed E-state index contributed by atoms with van der Waals surface area (Å²) < 4.78 is 13.7. The molecule has 0 bridgehead atoms. The van der Waals surface area contributed by atoms with Crippen LogP contribution in [0.2, 0.25) is 0 Å². The van der Waals surface area contributed by atoms with Crippen molar-refractivity contribution in [2.75, 3.05) is 0 Å². The molecule has 0 aliphatic rings. The van der Waals surface area contributed by atoms with Gasteiger partial charge in [-0.05, 0) is 37.3 Å². The number of nitriles is 1. The van der Waals surface area contributed by atoms with Crippen LogP contribution in [0.15, 0.2) is 52.3 Å². The first-order valence-corrected chi connectivity index (χ1v) is 5.95. The molecule has 0 unspecified atom stereocenters. The Labute approximate surface area is 104 Å². The maximum absolute atomic E-state index is 13.7. The molecule has 17 heavy (non-hydrogen) atoms. The van der Waals surface area contributed by atoms with Gasteiger partial charge in [0.1, 0.15) is 5.82 Å². The van der Waals surface area contributed by atoms with E-state index in [4.69, 9.17) is 5.26 Å². The smallest absolute Gasteiger partial charge is 0.138 e. The summed E-state index contributed by atoms with van der Waals surface area (Å²) in [4.78, 5) is 1.53. The second kappa shape index (κ2) is 5.03. The summed E-state index contributed by atoms with van der Waals surface area (Å²) in [6.07, 6.45) is 0. The predicted molar refractivity (Wildman–Crippen MR) is 66.4 cm³/mol. The van der Waals surface area contributed by atoms with E-state index >= 15 is 0 Å². The third kappa shape index (κ3) is 2.86. The van der Waals surface area contributed by atoms with E-state index in [1.807, 2.05) is 37.3 Å². The van der Waals surface area contributed by atoms with Crippen molar-refractivity contribution in [3.05, 3.63) is 59.4 Å². The average molecular weight is 243 g/mol. The van der Waals surface area contributed by atoms with Crippen LogP contribution >= 0.6 is 11.8 Å². The Morgan fingerprint density at radius 1 is 1.18 bits per heavy atom. The van der Waals surface area contributed by atoms with Gasteiger partial charge in [-0.25, -0.2) is 4.39 Å². The highest BCUT2D eigenvalue weighted by molar-refractivity contribution is 7.99. The Bertz CT molecular complexity index is 587. The summed E-state index contributed by atoms with van der Waals surface area (Å²) in [6.45, 7) is 2.00. The molecule has 3 heteroatoms.